The third-order valence-electron chi connectivity index (χ3n) is 0.936. The number of hydrogen-bond acceptors (Lipinski definition) is 3. The molecule has 0 aliphatic heterocycles. The quantitative estimate of drug-likeness (QED) is 0.430. The van der Waals surface area contributed by atoms with Gasteiger partial charge in [-0.15, -0.1) is 0 Å². The van der Waals surface area contributed by atoms with Gasteiger partial charge in [0, 0.05) is 12.0 Å². The van der Waals surface area contributed by atoms with Gasteiger partial charge in [0.25, 0.3) is 0 Å². The standard InChI is InChI=1S/C7H10O3/c1-5(4-6(2)8)7(9)10-3/h1,4H2,2-3H3. The summed E-state index contributed by atoms with van der Waals surface area (Å²) < 4.78 is 4.32. The van der Waals surface area contributed by atoms with Gasteiger partial charge in [0.05, 0.1) is 7.11 Å². The smallest absolute Gasteiger partial charge is 0.333 e. The minimum absolute atomic E-state index is 0.0761. The molecule has 10 heavy (non-hydrogen) atoms. The molecule has 0 heterocycles. The average Bonchev–Trinajstić information content (AvgIpc) is 1.85. The van der Waals surface area contributed by atoms with Gasteiger partial charge in [-0.05, 0) is 6.92 Å². The number of methoxy groups -OCH3 is 1. The molecule has 0 rings (SSSR count). The van der Waals surface area contributed by atoms with Crippen molar-refractivity contribution in [2.24, 2.45) is 0 Å². The number of esters is 1. The fourth-order valence-corrected chi connectivity index (χ4v) is 0.517. The van der Waals surface area contributed by atoms with Crippen LogP contribution in [0.1, 0.15) is 13.3 Å². The summed E-state index contributed by atoms with van der Waals surface area (Å²) in [6.45, 7) is 4.77. The van der Waals surface area contributed by atoms with Crippen molar-refractivity contribution in [3.8, 4) is 0 Å². The van der Waals surface area contributed by atoms with Gasteiger partial charge in [0.1, 0.15) is 5.78 Å². The minimum atomic E-state index is -0.518. The van der Waals surface area contributed by atoms with E-state index in [1.54, 1.807) is 0 Å². The monoisotopic (exact) mass is 142 g/mol. The van der Waals surface area contributed by atoms with Gasteiger partial charge in [-0.3, -0.25) is 4.79 Å². The first-order chi connectivity index (χ1) is 4.57. The van der Waals surface area contributed by atoms with E-state index in [1.807, 2.05) is 0 Å². The molecule has 0 radical (unpaired) electrons. The van der Waals surface area contributed by atoms with Crippen LogP contribution in [0.3, 0.4) is 0 Å². The molecule has 0 fully saturated rings. The number of hydrogen-bond donors (Lipinski definition) is 0. The van der Waals surface area contributed by atoms with E-state index < -0.39 is 5.97 Å². The SMILES string of the molecule is C=C(CC(C)=O)C(=O)OC. The summed E-state index contributed by atoms with van der Waals surface area (Å²) in [5.41, 5.74) is 0.204. The van der Waals surface area contributed by atoms with E-state index in [-0.39, 0.29) is 17.8 Å². The molecule has 3 nitrogen and oxygen atoms in total. The Bertz CT molecular complexity index is 170. The molecule has 0 bridgehead atoms. The van der Waals surface area contributed by atoms with Crippen LogP contribution < -0.4 is 0 Å². The summed E-state index contributed by atoms with van der Waals surface area (Å²) in [7, 11) is 1.26. The van der Waals surface area contributed by atoms with Crippen LogP contribution in [0.4, 0.5) is 0 Å². The zero-order valence-corrected chi connectivity index (χ0v) is 6.14. The lowest BCUT2D eigenvalue weighted by atomic mass is 10.2. The van der Waals surface area contributed by atoms with Crippen LogP contribution in [-0.2, 0) is 14.3 Å². The largest absolute Gasteiger partial charge is 0.466 e. The molecular weight excluding hydrogens is 132 g/mol. The van der Waals surface area contributed by atoms with E-state index in [2.05, 4.69) is 11.3 Å². The molecular formula is C7H10O3. The Hall–Kier alpha value is -1.12. The molecule has 0 amide bonds. The van der Waals surface area contributed by atoms with Crippen molar-refractivity contribution in [3.05, 3.63) is 12.2 Å². The highest BCUT2D eigenvalue weighted by molar-refractivity contribution is 5.94. The summed E-state index contributed by atoms with van der Waals surface area (Å²) in [6, 6.07) is 0. The normalized spacial score (nSPS) is 8.60. The van der Waals surface area contributed by atoms with E-state index in [4.69, 9.17) is 0 Å². The minimum Gasteiger partial charge on any atom is -0.466 e. The Balaban J connectivity index is 3.86. The van der Waals surface area contributed by atoms with Crippen LogP contribution in [-0.4, -0.2) is 18.9 Å². The lowest BCUT2D eigenvalue weighted by molar-refractivity contribution is -0.137. The van der Waals surface area contributed by atoms with Crippen LogP contribution in [0.5, 0.6) is 0 Å². The molecule has 0 aromatic heterocycles. The van der Waals surface area contributed by atoms with Crippen LogP contribution in [0.25, 0.3) is 0 Å². The van der Waals surface area contributed by atoms with Crippen LogP contribution in [0.15, 0.2) is 12.2 Å². The van der Waals surface area contributed by atoms with Gasteiger partial charge in [0.2, 0.25) is 0 Å². The van der Waals surface area contributed by atoms with E-state index in [0.29, 0.717) is 0 Å². The van der Waals surface area contributed by atoms with Crippen molar-refractivity contribution >= 4 is 11.8 Å². The first-order valence-electron chi connectivity index (χ1n) is 2.83. The molecule has 0 aromatic carbocycles. The maximum atomic E-state index is 10.6. The van der Waals surface area contributed by atoms with Crippen molar-refractivity contribution < 1.29 is 14.3 Å². The van der Waals surface area contributed by atoms with Crippen molar-refractivity contribution in [1.82, 2.24) is 0 Å². The van der Waals surface area contributed by atoms with E-state index in [9.17, 15) is 9.59 Å². The molecule has 0 N–H and O–H groups in total. The Morgan fingerprint density at radius 2 is 2.00 bits per heavy atom. The third-order valence-corrected chi connectivity index (χ3v) is 0.936. The molecule has 0 saturated carbocycles. The molecule has 0 aliphatic rings. The van der Waals surface area contributed by atoms with Crippen molar-refractivity contribution in [2.45, 2.75) is 13.3 Å². The number of carbonyl (C=O) groups is 2. The van der Waals surface area contributed by atoms with Crippen molar-refractivity contribution in [3.63, 3.8) is 0 Å². The predicted molar refractivity (Wildman–Crippen MR) is 36.5 cm³/mol. The van der Waals surface area contributed by atoms with E-state index >= 15 is 0 Å². The van der Waals surface area contributed by atoms with Gasteiger partial charge >= 0.3 is 5.97 Å². The van der Waals surface area contributed by atoms with Gasteiger partial charge in [-0.2, -0.15) is 0 Å². The molecule has 0 saturated heterocycles. The number of carbonyl (C=O) groups excluding carboxylic acids is 2. The summed E-state index contributed by atoms with van der Waals surface area (Å²) in [4.78, 5) is 21.0. The van der Waals surface area contributed by atoms with Gasteiger partial charge in [-0.25, -0.2) is 4.79 Å². The van der Waals surface area contributed by atoms with Gasteiger partial charge < -0.3 is 4.74 Å². The lowest BCUT2D eigenvalue weighted by Crippen LogP contribution is -2.06. The number of ether oxygens (including phenoxy) is 1. The number of ketones is 1. The van der Waals surface area contributed by atoms with Gasteiger partial charge in [0.15, 0.2) is 0 Å². The Morgan fingerprint density at radius 3 is 2.30 bits per heavy atom. The van der Waals surface area contributed by atoms with Gasteiger partial charge in [-0.1, -0.05) is 6.58 Å². The topological polar surface area (TPSA) is 43.4 Å². The molecule has 0 unspecified atom stereocenters. The van der Waals surface area contributed by atoms with Crippen LogP contribution >= 0.6 is 0 Å². The zero-order valence-electron chi connectivity index (χ0n) is 6.14. The van der Waals surface area contributed by atoms with Crippen LogP contribution in [0, 0.1) is 0 Å². The second-order valence-electron chi connectivity index (χ2n) is 1.97. The van der Waals surface area contributed by atoms with Crippen molar-refractivity contribution in [1.29, 1.82) is 0 Å². The summed E-state index contributed by atoms with van der Waals surface area (Å²) in [5, 5.41) is 0. The fourth-order valence-electron chi connectivity index (χ4n) is 0.517. The highest BCUT2D eigenvalue weighted by Crippen LogP contribution is 1.99. The molecule has 0 spiro atoms. The molecule has 3 heteroatoms. The highest BCUT2D eigenvalue weighted by atomic mass is 16.5. The lowest BCUT2D eigenvalue weighted by Gasteiger charge is -1.98. The number of rotatable bonds is 3. The average molecular weight is 142 g/mol. The molecule has 0 atom stereocenters. The van der Waals surface area contributed by atoms with Crippen molar-refractivity contribution in [2.75, 3.05) is 7.11 Å². The van der Waals surface area contributed by atoms with E-state index in [0.717, 1.165) is 0 Å². The second-order valence-corrected chi connectivity index (χ2v) is 1.97. The third kappa shape index (κ3) is 3.02. The highest BCUT2D eigenvalue weighted by Gasteiger charge is 2.07. The first-order valence-corrected chi connectivity index (χ1v) is 2.83. The van der Waals surface area contributed by atoms with Crippen LogP contribution in [0.2, 0.25) is 0 Å². The zero-order chi connectivity index (χ0) is 8.15. The fraction of sp³-hybridized carbons (Fsp3) is 0.429. The number of Topliss-reactive ketones (excluding diaryl/α,β-unsaturated/α-hetero) is 1. The summed E-state index contributed by atoms with van der Waals surface area (Å²) in [6.07, 6.45) is 0.0761. The predicted octanol–water partition coefficient (Wildman–Crippen LogP) is 0.695. The Morgan fingerprint density at radius 1 is 1.50 bits per heavy atom. The molecule has 56 valence electrons. The summed E-state index contributed by atoms with van der Waals surface area (Å²) in [5.74, 6) is -0.606. The summed E-state index contributed by atoms with van der Waals surface area (Å²) >= 11 is 0. The first kappa shape index (κ1) is 8.88. The van der Waals surface area contributed by atoms with E-state index in [1.165, 1.54) is 14.0 Å². The maximum absolute atomic E-state index is 10.6. The Kier molecular flexibility index (Phi) is 3.39. The molecule has 0 aromatic rings. The Labute approximate surface area is 59.7 Å². The maximum Gasteiger partial charge on any atom is 0.333 e. The molecule has 0 aliphatic carbocycles. The second kappa shape index (κ2) is 3.82.